The molecule has 0 atom stereocenters. The third-order valence-electron chi connectivity index (χ3n) is 7.50. The van der Waals surface area contributed by atoms with Crippen LogP contribution in [0.15, 0.2) is 150 Å². The van der Waals surface area contributed by atoms with Crippen LogP contribution in [0.4, 0.5) is 0 Å². The quantitative estimate of drug-likeness (QED) is 0.210. The van der Waals surface area contributed by atoms with Gasteiger partial charge in [-0.05, 0) is 36.4 Å². The predicted molar refractivity (Wildman–Crippen MR) is 178 cm³/mol. The molecule has 0 amide bonds. The lowest BCUT2D eigenvalue weighted by atomic mass is 10.1. The summed E-state index contributed by atoms with van der Waals surface area (Å²) in [6, 6.07) is 18.7. The second-order valence-electron chi connectivity index (χ2n) is 10.0. The lowest BCUT2D eigenvalue weighted by Crippen LogP contribution is -2.00. The van der Waals surface area contributed by atoms with E-state index in [9.17, 15) is 0 Å². The van der Waals surface area contributed by atoms with E-state index >= 15 is 0 Å². The Morgan fingerprint density at radius 1 is 0.523 bits per heavy atom. The maximum Gasteiger partial charge on any atom is 0.167 e. The van der Waals surface area contributed by atoms with E-state index in [-0.39, 0.29) is 81.1 Å². The van der Waals surface area contributed by atoms with E-state index in [1.165, 1.54) is 12.1 Å². The molecule has 9 rings (SSSR count). The van der Waals surface area contributed by atoms with Gasteiger partial charge in [0.2, 0.25) is 0 Å². The van der Waals surface area contributed by atoms with Crippen LogP contribution in [0.3, 0.4) is 0 Å². The summed E-state index contributed by atoms with van der Waals surface area (Å²) in [5.41, 5.74) is 2.68. The molecule has 0 fully saturated rings. The number of para-hydroxylation sites is 3. The highest BCUT2D eigenvalue weighted by molar-refractivity contribution is 6.12. The number of nitrogens with zero attached hydrogens (tertiary/aromatic N) is 4. The number of rotatable bonds is 4. The van der Waals surface area contributed by atoms with Crippen molar-refractivity contribution >= 4 is 43.7 Å². The standard InChI is InChI=1S/C39H24N4O/c1-3-12-25(13-4-1)37-40-38(26-14-5-2-6-15-26)42-39(41-37)31-19-11-18-30-32-24-27(22-23-35(32)44-36(30)31)43-33-20-9-7-16-28(33)29-17-8-10-21-34(29)43/h1-24H/i1D,3D,4D,7D,8D,12D,13D,16D,17D,20D,21D. The summed E-state index contributed by atoms with van der Waals surface area (Å²) < 4.78 is 102. The van der Waals surface area contributed by atoms with Crippen LogP contribution in [0.25, 0.3) is 83.6 Å². The summed E-state index contributed by atoms with van der Waals surface area (Å²) in [5, 5.41) is 1.58. The Morgan fingerprint density at radius 3 is 1.98 bits per heavy atom. The third kappa shape index (κ3) is 3.83. The van der Waals surface area contributed by atoms with Crippen molar-refractivity contribution in [3.8, 4) is 39.9 Å². The van der Waals surface area contributed by atoms with Crippen molar-refractivity contribution in [3.63, 3.8) is 0 Å². The molecule has 3 heterocycles. The van der Waals surface area contributed by atoms with Gasteiger partial charge in [0, 0.05) is 38.4 Å². The molecule has 6 aromatic carbocycles. The lowest BCUT2D eigenvalue weighted by Gasteiger charge is -2.08. The average molecular weight is 576 g/mol. The molecular weight excluding hydrogens is 540 g/mol. The van der Waals surface area contributed by atoms with Crippen molar-refractivity contribution in [2.75, 3.05) is 0 Å². The van der Waals surface area contributed by atoms with Crippen LogP contribution in [0, 0.1) is 0 Å². The predicted octanol–water partition coefficient (Wildman–Crippen LogP) is 9.87. The van der Waals surface area contributed by atoms with Gasteiger partial charge >= 0.3 is 0 Å². The van der Waals surface area contributed by atoms with Crippen molar-refractivity contribution in [2.24, 2.45) is 0 Å². The minimum absolute atomic E-state index is 0.0732. The van der Waals surface area contributed by atoms with Gasteiger partial charge in [0.15, 0.2) is 17.5 Å². The van der Waals surface area contributed by atoms with Crippen LogP contribution in [0.2, 0.25) is 0 Å². The molecule has 0 radical (unpaired) electrons. The van der Waals surface area contributed by atoms with Crippen LogP contribution >= 0.6 is 0 Å². The smallest absolute Gasteiger partial charge is 0.167 e. The summed E-state index contributed by atoms with van der Waals surface area (Å²) in [6.45, 7) is 0. The van der Waals surface area contributed by atoms with E-state index in [2.05, 4.69) is 9.97 Å². The molecule has 0 saturated heterocycles. The van der Waals surface area contributed by atoms with Crippen molar-refractivity contribution in [2.45, 2.75) is 0 Å². The van der Waals surface area contributed by atoms with Crippen LogP contribution in [-0.4, -0.2) is 19.5 Å². The Bertz CT molecular complexity index is 3030. The minimum atomic E-state index is -0.538. The highest BCUT2D eigenvalue weighted by Crippen LogP contribution is 2.38. The molecule has 5 nitrogen and oxygen atoms in total. The molecule has 0 aliphatic rings. The summed E-state index contributed by atoms with van der Waals surface area (Å²) in [7, 11) is 0. The minimum Gasteiger partial charge on any atom is -0.455 e. The zero-order chi connectivity index (χ0) is 38.6. The van der Waals surface area contributed by atoms with Gasteiger partial charge in [-0.1, -0.05) is 109 Å². The average Bonchev–Trinajstić information content (AvgIpc) is 3.75. The lowest BCUT2D eigenvalue weighted by molar-refractivity contribution is 0.669. The largest absolute Gasteiger partial charge is 0.455 e. The summed E-state index contributed by atoms with van der Waals surface area (Å²) in [5.74, 6) is 0.221. The van der Waals surface area contributed by atoms with Crippen LogP contribution in [-0.2, 0) is 0 Å². The van der Waals surface area contributed by atoms with Crippen molar-refractivity contribution in [1.29, 1.82) is 0 Å². The molecule has 206 valence electrons. The molecule has 9 aromatic rings. The Morgan fingerprint density at radius 2 is 1.23 bits per heavy atom. The van der Waals surface area contributed by atoms with Crippen LogP contribution in [0.1, 0.15) is 15.1 Å². The Labute approximate surface area is 268 Å². The maximum absolute atomic E-state index is 8.84. The van der Waals surface area contributed by atoms with Gasteiger partial charge in [-0.3, -0.25) is 0 Å². The summed E-state index contributed by atoms with van der Waals surface area (Å²) in [6.07, 6.45) is 0. The van der Waals surface area contributed by atoms with E-state index in [0.29, 0.717) is 38.8 Å². The molecule has 0 aliphatic heterocycles. The molecule has 0 unspecified atom stereocenters. The third-order valence-corrected chi connectivity index (χ3v) is 7.50. The fraction of sp³-hybridized carbons (Fsp3) is 0. The first-order valence-corrected chi connectivity index (χ1v) is 13.7. The first-order valence-electron chi connectivity index (χ1n) is 19.2. The molecule has 0 spiro atoms. The number of benzene rings is 6. The SMILES string of the molecule is [2H]c1cc([2H])c2c(c1[2H])c1c([2H])c([2H])cc([2H])c1n2-c1ccc2oc3c(-c4nc(-c5ccccc5)nc(-c5c([2H])c([2H])c([2H])c([2H])c5[2H])n4)cccc3c2c1. The Balaban J connectivity index is 1.30. The molecule has 0 bridgehead atoms. The molecule has 0 aliphatic carbocycles. The van der Waals surface area contributed by atoms with E-state index in [1.807, 2.05) is 12.1 Å². The first-order chi connectivity index (χ1) is 26.3. The fourth-order valence-corrected chi connectivity index (χ4v) is 5.56. The molecule has 5 heteroatoms. The zero-order valence-electron chi connectivity index (χ0n) is 33.7. The molecule has 0 N–H and O–H groups in total. The normalized spacial score (nSPS) is 15.1. The Hall–Kier alpha value is -6.07. The number of aromatic nitrogens is 4. The van der Waals surface area contributed by atoms with E-state index < -0.39 is 30.2 Å². The fourth-order valence-electron chi connectivity index (χ4n) is 5.56. The van der Waals surface area contributed by atoms with Crippen molar-refractivity contribution in [3.05, 3.63) is 145 Å². The zero-order valence-corrected chi connectivity index (χ0v) is 22.7. The number of fused-ring (bicyclic) bond motifs is 6. The second kappa shape index (κ2) is 9.75. The molecule has 3 aromatic heterocycles. The summed E-state index contributed by atoms with van der Waals surface area (Å²) >= 11 is 0. The van der Waals surface area contributed by atoms with Gasteiger partial charge in [0.05, 0.1) is 31.7 Å². The molecular formula is C39H24N4O. The first kappa shape index (κ1) is 16.0. The van der Waals surface area contributed by atoms with E-state index in [1.54, 1.807) is 59.2 Å². The number of hydrogen-bond donors (Lipinski definition) is 0. The maximum atomic E-state index is 8.84. The van der Waals surface area contributed by atoms with Crippen molar-refractivity contribution in [1.82, 2.24) is 19.5 Å². The van der Waals surface area contributed by atoms with Crippen molar-refractivity contribution < 1.29 is 19.5 Å². The van der Waals surface area contributed by atoms with Gasteiger partial charge in [0.25, 0.3) is 0 Å². The molecule has 44 heavy (non-hydrogen) atoms. The van der Waals surface area contributed by atoms with Gasteiger partial charge in [-0.2, -0.15) is 0 Å². The Kier molecular flexibility index (Phi) is 3.54. The van der Waals surface area contributed by atoms with E-state index in [4.69, 9.17) is 24.5 Å². The monoisotopic (exact) mass is 575 g/mol. The van der Waals surface area contributed by atoms with Crippen LogP contribution < -0.4 is 0 Å². The topological polar surface area (TPSA) is 56.7 Å². The van der Waals surface area contributed by atoms with Gasteiger partial charge in [-0.15, -0.1) is 0 Å². The van der Waals surface area contributed by atoms with Gasteiger partial charge < -0.3 is 8.98 Å². The molecule has 0 saturated carbocycles. The van der Waals surface area contributed by atoms with Gasteiger partial charge in [0.1, 0.15) is 11.2 Å². The number of furan rings is 1. The summed E-state index contributed by atoms with van der Waals surface area (Å²) in [4.78, 5) is 14.0. The van der Waals surface area contributed by atoms with Crippen LogP contribution in [0.5, 0.6) is 0 Å². The van der Waals surface area contributed by atoms with E-state index in [0.717, 1.165) is 0 Å². The van der Waals surface area contributed by atoms with Gasteiger partial charge in [-0.25, -0.2) is 15.0 Å². The highest BCUT2D eigenvalue weighted by Gasteiger charge is 2.19. The highest BCUT2D eigenvalue weighted by atomic mass is 16.3. The second-order valence-corrected chi connectivity index (χ2v) is 10.0. The number of hydrogen-bond acceptors (Lipinski definition) is 4.